The largest absolute Gasteiger partial charge is 0.493 e. The molecule has 3 rings (SSSR count). The Bertz CT molecular complexity index is 796. The maximum atomic E-state index is 12.5. The minimum absolute atomic E-state index is 0.358. The number of fused-ring (bicyclic) bond motifs is 1. The van der Waals surface area contributed by atoms with Crippen LogP contribution in [0, 0.1) is 0 Å². The topological polar surface area (TPSA) is 52.8 Å². The predicted molar refractivity (Wildman–Crippen MR) is 84.9 cm³/mol. The summed E-state index contributed by atoms with van der Waals surface area (Å²) in [6.45, 7) is 0. The molecule has 3 aromatic rings. The third-order valence-corrected chi connectivity index (χ3v) is 4.65. The normalized spacial score (nSPS) is 12.3. The number of hydrogen-bond acceptors (Lipinski definition) is 4. The fourth-order valence-corrected chi connectivity index (χ4v) is 3.27. The Kier molecular flexibility index (Phi) is 4.11. The first-order valence-electron chi connectivity index (χ1n) is 6.74. The zero-order valence-corrected chi connectivity index (χ0v) is 13.2. The number of pyridine rings is 1. The van der Waals surface area contributed by atoms with Gasteiger partial charge in [-0.25, -0.2) is 4.98 Å². The lowest BCUT2D eigenvalue weighted by molar-refractivity contribution is 0.354. The predicted octanol–water partition coefficient (Wildman–Crippen LogP) is 2.66. The maximum absolute atomic E-state index is 12.5. The molecule has 0 N–H and O–H groups in total. The molecule has 0 spiro atoms. The van der Waals surface area contributed by atoms with E-state index in [1.54, 1.807) is 32.4 Å². The summed E-state index contributed by atoms with van der Waals surface area (Å²) in [5, 5.41) is 0. The second-order valence-electron chi connectivity index (χ2n) is 4.70. The van der Waals surface area contributed by atoms with Gasteiger partial charge < -0.3 is 13.9 Å². The number of aromatic nitrogens is 2. The Hall–Kier alpha value is -2.34. The van der Waals surface area contributed by atoms with Gasteiger partial charge in [-0.05, 0) is 24.3 Å². The highest BCUT2D eigenvalue weighted by atomic mass is 32.2. The molecule has 1 aromatic carbocycles. The first-order valence-corrected chi connectivity index (χ1v) is 8.06. The number of benzene rings is 1. The second kappa shape index (κ2) is 6.19. The van der Waals surface area contributed by atoms with Crippen molar-refractivity contribution in [2.24, 2.45) is 0 Å². The summed E-state index contributed by atoms with van der Waals surface area (Å²) in [5.74, 6) is 1.55. The highest BCUT2D eigenvalue weighted by Crippen LogP contribution is 2.29. The van der Waals surface area contributed by atoms with Crippen molar-refractivity contribution in [1.29, 1.82) is 0 Å². The molecule has 0 fully saturated rings. The summed E-state index contributed by atoms with van der Waals surface area (Å²) >= 11 is 0. The van der Waals surface area contributed by atoms with Crippen molar-refractivity contribution in [2.75, 3.05) is 14.2 Å². The van der Waals surface area contributed by atoms with E-state index in [0.717, 1.165) is 11.3 Å². The Morgan fingerprint density at radius 1 is 1.14 bits per heavy atom. The fraction of sp³-hybridized carbons (Fsp3) is 0.188. The highest BCUT2D eigenvalue weighted by Gasteiger charge is 2.12. The van der Waals surface area contributed by atoms with E-state index in [4.69, 9.17) is 9.47 Å². The van der Waals surface area contributed by atoms with Crippen molar-refractivity contribution in [3.05, 3.63) is 54.5 Å². The maximum Gasteiger partial charge on any atom is 0.161 e. The van der Waals surface area contributed by atoms with Gasteiger partial charge in [-0.2, -0.15) is 0 Å². The third-order valence-electron chi connectivity index (χ3n) is 3.31. The van der Waals surface area contributed by atoms with Crippen LogP contribution in [0.2, 0.25) is 0 Å². The summed E-state index contributed by atoms with van der Waals surface area (Å²) in [5.41, 5.74) is 1.64. The molecule has 1 unspecified atom stereocenters. The molecule has 2 aromatic heterocycles. The van der Waals surface area contributed by atoms with Gasteiger partial charge in [-0.1, -0.05) is 6.07 Å². The molecule has 0 aliphatic rings. The average Bonchev–Trinajstić information content (AvgIpc) is 2.96. The van der Waals surface area contributed by atoms with Crippen LogP contribution in [-0.2, 0) is 16.6 Å². The van der Waals surface area contributed by atoms with Gasteiger partial charge >= 0.3 is 0 Å². The van der Waals surface area contributed by atoms with Crippen LogP contribution in [0.1, 0.15) is 5.69 Å². The van der Waals surface area contributed by atoms with E-state index in [1.807, 2.05) is 35.0 Å². The van der Waals surface area contributed by atoms with Gasteiger partial charge in [0.25, 0.3) is 0 Å². The van der Waals surface area contributed by atoms with Crippen LogP contribution < -0.4 is 9.47 Å². The Morgan fingerprint density at radius 3 is 2.68 bits per heavy atom. The zero-order valence-electron chi connectivity index (χ0n) is 12.4. The summed E-state index contributed by atoms with van der Waals surface area (Å²) in [6, 6.07) is 11.1. The number of rotatable bonds is 5. The molecular weight excluding hydrogens is 300 g/mol. The van der Waals surface area contributed by atoms with Crippen LogP contribution in [0.3, 0.4) is 0 Å². The number of methoxy groups -OCH3 is 2. The van der Waals surface area contributed by atoms with Crippen LogP contribution in [0.25, 0.3) is 5.65 Å². The van der Waals surface area contributed by atoms with Crippen molar-refractivity contribution in [3.63, 3.8) is 0 Å². The minimum atomic E-state index is -1.19. The molecule has 6 heteroatoms. The van der Waals surface area contributed by atoms with Crippen molar-refractivity contribution in [3.8, 4) is 11.5 Å². The molecule has 0 saturated heterocycles. The van der Waals surface area contributed by atoms with Gasteiger partial charge in [-0.3, -0.25) is 4.21 Å². The van der Waals surface area contributed by atoms with Crippen LogP contribution in [0.15, 0.2) is 53.7 Å². The van der Waals surface area contributed by atoms with E-state index in [2.05, 4.69) is 4.98 Å². The second-order valence-corrected chi connectivity index (χ2v) is 6.16. The van der Waals surface area contributed by atoms with Crippen molar-refractivity contribution in [1.82, 2.24) is 9.38 Å². The van der Waals surface area contributed by atoms with Crippen molar-refractivity contribution >= 4 is 16.4 Å². The lowest BCUT2D eigenvalue weighted by Crippen LogP contribution is -1.98. The molecular formula is C16H16N2O3S. The van der Waals surface area contributed by atoms with Crippen molar-refractivity contribution in [2.45, 2.75) is 10.6 Å². The zero-order chi connectivity index (χ0) is 15.5. The lowest BCUT2D eigenvalue weighted by Gasteiger charge is -2.08. The number of nitrogens with zero attached hydrogens (tertiary/aromatic N) is 2. The molecule has 1 atom stereocenters. The van der Waals surface area contributed by atoms with Crippen LogP contribution in [0.4, 0.5) is 0 Å². The SMILES string of the molecule is COc1ccc(S(=O)Cc2cn3ccccc3n2)cc1OC. The van der Waals surface area contributed by atoms with E-state index < -0.39 is 10.8 Å². The van der Waals surface area contributed by atoms with Gasteiger partial charge in [-0.15, -0.1) is 0 Å². The van der Waals surface area contributed by atoms with E-state index >= 15 is 0 Å². The lowest BCUT2D eigenvalue weighted by atomic mass is 10.3. The number of imidazole rings is 1. The summed E-state index contributed by atoms with van der Waals surface area (Å²) in [4.78, 5) is 5.16. The minimum Gasteiger partial charge on any atom is -0.493 e. The fourth-order valence-electron chi connectivity index (χ4n) is 2.23. The molecule has 5 nitrogen and oxygen atoms in total. The van der Waals surface area contributed by atoms with Gasteiger partial charge in [0, 0.05) is 23.4 Å². The van der Waals surface area contributed by atoms with E-state index in [-0.39, 0.29) is 0 Å². The summed E-state index contributed by atoms with van der Waals surface area (Å²) in [7, 11) is 1.94. The summed E-state index contributed by atoms with van der Waals surface area (Å²) in [6.07, 6.45) is 3.82. The molecule has 2 heterocycles. The molecule has 22 heavy (non-hydrogen) atoms. The number of ether oxygens (including phenoxy) is 2. The quantitative estimate of drug-likeness (QED) is 0.726. The van der Waals surface area contributed by atoms with Gasteiger partial charge in [0.1, 0.15) is 5.65 Å². The van der Waals surface area contributed by atoms with Crippen LogP contribution >= 0.6 is 0 Å². The van der Waals surface area contributed by atoms with Gasteiger partial charge in [0.2, 0.25) is 0 Å². The number of hydrogen-bond donors (Lipinski definition) is 0. The first kappa shape index (κ1) is 14.6. The van der Waals surface area contributed by atoms with Gasteiger partial charge in [0.15, 0.2) is 11.5 Å². The monoisotopic (exact) mass is 316 g/mol. The van der Waals surface area contributed by atoms with E-state index in [1.165, 1.54) is 0 Å². The Labute approximate surface area is 131 Å². The molecule has 0 aliphatic carbocycles. The smallest absolute Gasteiger partial charge is 0.161 e. The Morgan fingerprint density at radius 2 is 1.95 bits per heavy atom. The average molecular weight is 316 g/mol. The standard InChI is InChI=1S/C16H16N2O3S/c1-20-14-7-6-13(9-15(14)21-2)22(19)11-12-10-18-8-4-3-5-16(18)17-12/h3-10H,11H2,1-2H3. The van der Waals surface area contributed by atoms with Crippen molar-refractivity contribution < 1.29 is 13.7 Å². The molecule has 0 radical (unpaired) electrons. The summed E-state index contributed by atoms with van der Waals surface area (Å²) < 4.78 is 24.9. The van der Waals surface area contributed by atoms with Crippen LogP contribution in [0.5, 0.6) is 11.5 Å². The molecule has 0 amide bonds. The third kappa shape index (κ3) is 2.82. The molecule has 0 bridgehead atoms. The van der Waals surface area contributed by atoms with E-state index in [0.29, 0.717) is 22.1 Å². The highest BCUT2D eigenvalue weighted by molar-refractivity contribution is 7.84. The molecule has 0 saturated carbocycles. The molecule has 114 valence electrons. The van der Waals surface area contributed by atoms with E-state index in [9.17, 15) is 4.21 Å². The van der Waals surface area contributed by atoms with Gasteiger partial charge in [0.05, 0.1) is 36.5 Å². The first-order chi connectivity index (χ1) is 10.7. The Balaban J connectivity index is 1.84. The molecule has 0 aliphatic heterocycles. The van der Waals surface area contributed by atoms with Crippen LogP contribution in [-0.4, -0.2) is 27.8 Å².